The van der Waals surface area contributed by atoms with Crippen molar-refractivity contribution in [3.05, 3.63) is 32.6 Å². The Morgan fingerprint density at radius 1 is 0.964 bits per heavy atom. The zero-order chi connectivity index (χ0) is 20.5. The summed E-state index contributed by atoms with van der Waals surface area (Å²) < 4.78 is 28.9. The van der Waals surface area contributed by atoms with Crippen molar-refractivity contribution in [3.63, 3.8) is 0 Å². The van der Waals surface area contributed by atoms with Crippen LogP contribution in [0.1, 0.15) is 44.2 Å². The summed E-state index contributed by atoms with van der Waals surface area (Å²) in [4.78, 5) is 26.3. The molecule has 0 unspecified atom stereocenters. The number of rotatable bonds is 4. The van der Waals surface area contributed by atoms with Gasteiger partial charge in [-0.1, -0.05) is 12.8 Å². The highest BCUT2D eigenvalue weighted by atomic mass is 32.2. The molecule has 2 fully saturated rings. The second kappa shape index (κ2) is 8.51. The summed E-state index contributed by atoms with van der Waals surface area (Å²) >= 11 is 0. The quantitative estimate of drug-likeness (QED) is 0.719. The SMILES string of the molecule is Cn1c(CN2CCC([C@@H]3CCCCCN3S(C)(=O)=O)CC2)cc(=O)n(C)c1=O. The molecule has 0 aromatic carbocycles. The molecule has 0 N–H and O–H groups in total. The van der Waals surface area contributed by atoms with E-state index in [4.69, 9.17) is 0 Å². The van der Waals surface area contributed by atoms with Gasteiger partial charge in [-0.15, -0.1) is 0 Å². The number of sulfonamides is 1. The fourth-order valence-electron chi connectivity index (χ4n) is 4.65. The van der Waals surface area contributed by atoms with Crippen LogP contribution < -0.4 is 11.2 Å². The van der Waals surface area contributed by atoms with Crippen LogP contribution in [0.4, 0.5) is 0 Å². The average molecular weight is 413 g/mol. The number of piperidine rings is 1. The van der Waals surface area contributed by atoms with Crippen molar-refractivity contribution in [2.75, 3.05) is 25.9 Å². The minimum atomic E-state index is -3.18. The van der Waals surface area contributed by atoms with Crippen molar-refractivity contribution in [1.82, 2.24) is 18.3 Å². The summed E-state index contributed by atoms with van der Waals surface area (Å²) in [7, 11) is -0.00426. The molecular weight excluding hydrogens is 380 g/mol. The maximum Gasteiger partial charge on any atom is 0.330 e. The van der Waals surface area contributed by atoms with Crippen LogP contribution >= 0.6 is 0 Å². The van der Waals surface area contributed by atoms with Gasteiger partial charge in [0.1, 0.15) is 0 Å². The van der Waals surface area contributed by atoms with E-state index in [1.54, 1.807) is 11.4 Å². The van der Waals surface area contributed by atoms with E-state index in [1.807, 2.05) is 0 Å². The van der Waals surface area contributed by atoms with Gasteiger partial charge in [0.2, 0.25) is 10.0 Å². The number of nitrogens with zero attached hydrogens (tertiary/aromatic N) is 4. The van der Waals surface area contributed by atoms with Gasteiger partial charge in [-0.25, -0.2) is 13.2 Å². The monoisotopic (exact) mass is 412 g/mol. The van der Waals surface area contributed by atoms with E-state index in [-0.39, 0.29) is 17.3 Å². The van der Waals surface area contributed by atoms with Crippen molar-refractivity contribution in [1.29, 1.82) is 0 Å². The molecule has 28 heavy (non-hydrogen) atoms. The van der Waals surface area contributed by atoms with Crippen LogP contribution in [0.5, 0.6) is 0 Å². The number of likely N-dealkylation sites (tertiary alicyclic amines) is 1. The van der Waals surface area contributed by atoms with Gasteiger partial charge in [0, 0.05) is 45.0 Å². The second-order valence-corrected chi connectivity index (χ2v) is 10.2. The third-order valence-electron chi connectivity index (χ3n) is 6.36. The summed E-state index contributed by atoms with van der Waals surface area (Å²) in [6.45, 7) is 2.90. The second-order valence-electron chi connectivity index (χ2n) is 8.28. The predicted molar refractivity (Wildman–Crippen MR) is 109 cm³/mol. The lowest BCUT2D eigenvalue weighted by Crippen LogP contribution is -2.47. The molecular formula is C19H32N4O4S. The molecule has 0 radical (unpaired) electrons. The number of aromatic nitrogens is 2. The van der Waals surface area contributed by atoms with E-state index in [1.165, 1.54) is 23.9 Å². The minimum Gasteiger partial charge on any atom is -0.299 e. The summed E-state index contributed by atoms with van der Waals surface area (Å²) in [6.07, 6.45) is 7.28. The van der Waals surface area contributed by atoms with E-state index >= 15 is 0 Å². The van der Waals surface area contributed by atoms with Gasteiger partial charge in [-0.2, -0.15) is 4.31 Å². The Kier molecular flexibility index (Phi) is 6.46. The first-order chi connectivity index (χ1) is 13.2. The lowest BCUT2D eigenvalue weighted by Gasteiger charge is -2.39. The fraction of sp³-hybridized carbons (Fsp3) is 0.789. The third kappa shape index (κ3) is 4.58. The zero-order valence-corrected chi connectivity index (χ0v) is 17.9. The van der Waals surface area contributed by atoms with Crippen molar-refractivity contribution in [2.24, 2.45) is 20.0 Å². The molecule has 8 nitrogen and oxygen atoms in total. The lowest BCUT2D eigenvalue weighted by atomic mass is 9.87. The standard InChI is InChI=1S/C19H32N4O4S/c1-20-16(13-18(24)21(2)19(20)25)14-22-11-8-15(9-12-22)17-7-5-4-6-10-23(17)28(3,26)27/h13,15,17H,4-12,14H2,1-3H3/t17-/m0/s1. The van der Waals surface area contributed by atoms with Gasteiger partial charge in [0.05, 0.1) is 6.26 Å². The molecule has 2 aliphatic rings. The Hall–Kier alpha value is -1.45. The van der Waals surface area contributed by atoms with Crippen LogP contribution in [-0.4, -0.2) is 58.7 Å². The molecule has 1 aromatic heterocycles. The first kappa shape index (κ1) is 21.3. The van der Waals surface area contributed by atoms with Crippen LogP contribution in [0.15, 0.2) is 15.7 Å². The Morgan fingerprint density at radius 3 is 2.29 bits per heavy atom. The maximum absolute atomic E-state index is 12.3. The molecule has 1 atom stereocenters. The van der Waals surface area contributed by atoms with E-state index in [2.05, 4.69) is 4.90 Å². The summed E-state index contributed by atoms with van der Waals surface area (Å²) in [5.41, 5.74) is 0.133. The molecule has 0 amide bonds. The van der Waals surface area contributed by atoms with Gasteiger partial charge < -0.3 is 0 Å². The summed E-state index contributed by atoms with van der Waals surface area (Å²) in [5, 5.41) is 0. The molecule has 3 heterocycles. The molecule has 0 spiro atoms. The molecule has 0 saturated carbocycles. The highest BCUT2D eigenvalue weighted by molar-refractivity contribution is 7.88. The van der Waals surface area contributed by atoms with E-state index in [0.717, 1.165) is 61.9 Å². The molecule has 0 aliphatic carbocycles. The van der Waals surface area contributed by atoms with Crippen molar-refractivity contribution < 1.29 is 8.42 Å². The van der Waals surface area contributed by atoms with E-state index in [9.17, 15) is 18.0 Å². The predicted octanol–water partition coefficient (Wildman–Crippen LogP) is 0.500. The van der Waals surface area contributed by atoms with E-state index in [0.29, 0.717) is 19.0 Å². The molecule has 2 saturated heterocycles. The highest BCUT2D eigenvalue weighted by Crippen LogP contribution is 2.31. The highest BCUT2D eigenvalue weighted by Gasteiger charge is 2.35. The molecule has 2 aliphatic heterocycles. The number of hydrogen-bond donors (Lipinski definition) is 0. The van der Waals surface area contributed by atoms with Crippen molar-refractivity contribution in [2.45, 2.75) is 51.1 Å². The van der Waals surface area contributed by atoms with E-state index < -0.39 is 10.0 Å². The van der Waals surface area contributed by atoms with Gasteiger partial charge in [-0.05, 0) is 44.7 Å². The first-order valence-corrected chi connectivity index (χ1v) is 12.0. The van der Waals surface area contributed by atoms with Crippen molar-refractivity contribution in [3.8, 4) is 0 Å². The number of hydrogen-bond acceptors (Lipinski definition) is 5. The Morgan fingerprint density at radius 2 is 1.64 bits per heavy atom. The topological polar surface area (TPSA) is 84.6 Å². The summed E-state index contributed by atoms with van der Waals surface area (Å²) in [6, 6.07) is 1.64. The molecule has 158 valence electrons. The average Bonchev–Trinajstić information content (AvgIpc) is 2.91. The van der Waals surface area contributed by atoms with Crippen LogP contribution in [0, 0.1) is 5.92 Å². The first-order valence-electron chi connectivity index (χ1n) is 10.1. The Bertz CT molecular complexity index is 913. The van der Waals surface area contributed by atoms with Crippen LogP contribution in [0.25, 0.3) is 0 Å². The molecule has 1 aromatic rings. The Labute approximate surface area is 166 Å². The fourth-order valence-corrected chi connectivity index (χ4v) is 5.88. The third-order valence-corrected chi connectivity index (χ3v) is 7.67. The van der Waals surface area contributed by atoms with Crippen LogP contribution in [0.3, 0.4) is 0 Å². The molecule has 3 rings (SSSR count). The lowest BCUT2D eigenvalue weighted by molar-refractivity contribution is 0.122. The zero-order valence-electron chi connectivity index (χ0n) is 17.1. The van der Waals surface area contributed by atoms with Gasteiger partial charge >= 0.3 is 5.69 Å². The van der Waals surface area contributed by atoms with Crippen LogP contribution in [-0.2, 0) is 30.7 Å². The largest absolute Gasteiger partial charge is 0.330 e. The van der Waals surface area contributed by atoms with Gasteiger partial charge in [0.25, 0.3) is 5.56 Å². The Balaban J connectivity index is 1.67. The normalized spacial score (nSPS) is 23.6. The van der Waals surface area contributed by atoms with Gasteiger partial charge in [0.15, 0.2) is 0 Å². The molecule has 9 heteroatoms. The van der Waals surface area contributed by atoms with Crippen LogP contribution in [0.2, 0.25) is 0 Å². The maximum atomic E-state index is 12.3. The summed E-state index contributed by atoms with van der Waals surface area (Å²) in [5.74, 6) is 0.372. The van der Waals surface area contributed by atoms with Crippen molar-refractivity contribution >= 4 is 10.0 Å². The smallest absolute Gasteiger partial charge is 0.299 e. The minimum absolute atomic E-state index is 0.105. The van der Waals surface area contributed by atoms with Gasteiger partial charge in [-0.3, -0.25) is 18.8 Å². The molecule has 0 bridgehead atoms.